The van der Waals surface area contributed by atoms with Crippen LogP contribution in [-0.4, -0.2) is 34.6 Å². The summed E-state index contributed by atoms with van der Waals surface area (Å²) in [6.07, 6.45) is 5.48. The molecular formula is C23H28N2O3. The molecule has 3 aliphatic rings. The van der Waals surface area contributed by atoms with Crippen LogP contribution in [0.4, 0.5) is 0 Å². The minimum Gasteiger partial charge on any atom is -0.311 e. The third-order valence-electron chi connectivity index (χ3n) is 7.98. The number of nitrogens with zero attached hydrogens (tertiary/aromatic N) is 2. The number of carbonyl (C=O) groups excluding carboxylic acids is 3. The number of piperidine rings is 1. The van der Waals surface area contributed by atoms with Gasteiger partial charge in [0, 0.05) is 18.7 Å². The Morgan fingerprint density at radius 2 is 1.79 bits per heavy atom. The van der Waals surface area contributed by atoms with Gasteiger partial charge in [0.2, 0.25) is 17.7 Å². The van der Waals surface area contributed by atoms with E-state index < -0.39 is 16.2 Å². The van der Waals surface area contributed by atoms with Gasteiger partial charge in [0.1, 0.15) is 5.41 Å². The highest BCUT2D eigenvalue weighted by atomic mass is 16.2. The molecule has 1 saturated heterocycles. The molecule has 2 fully saturated rings. The largest absolute Gasteiger partial charge is 0.311 e. The van der Waals surface area contributed by atoms with E-state index in [0.29, 0.717) is 12.8 Å². The lowest BCUT2D eigenvalue weighted by Gasteiger charge is -2.53. The number of amides is 3. The molecule has 1 aromatic carbocycles. The summed E-state index contributed by atoms with van der Waals surface area (Å²) in [5, 5.41) is 0. The van der Waals surface area contributed by atoms with E-state index in [9.17, 15) is 14.4 Å². The molecular weight excluding hydrogens is 352 g/mol. The number of hydrogen-bond donors (Lipinski definition) is 0. The average molecular weight is 380 g/mol. The van der Waals surface area contributed by atoms with Crippen molar-refractivity contribution in [3.8, 4) is 0 Å². The molecule has 0 unspecified atom stereocenters. The Labute approximate surface area is 166 Å². The van der Waals surface area contributed by atoms with E-state index in [1.807, 2.05) is 57.3 Å². The third kappa shape index (κ3) is 1.94. The summed E-state index contributed by atoms with van der Waals surface area (Å²) in [6, 6.07) is 7.96. The first kappa shape index (κ1) is 18.9. The van der Waals surface area contributed by atoms with Crippen molar-refractivity contribution in [3.63, 3.8) is 0 Å². The van der Waals surface area contributed by atoms with Crippen molar-refractivity contribution in [1.29, 1.82) is 0 Å². The monoisotopic (exact) mass is 380 g/mol. The highest BCUT2D eigenvalue weighted by Gasteiger charge is 2.75. The highest BCUT2D eigenvalue weighted by Crippen LogP contribution is 2.67. The molecule has 0 spiro atoms. The zero-order chi connectivity index (χ0) is 20.5. The Morgan fingerprint density at radius 3 is 2.46 bits per heavy atom. The predicted octanol–water partition coefficient (Wildman–Crippen LogP) is 3.76. The number of hydrogen-bond acceptors (Lipinski definition) is 3. The van der Waals surface area contributed by atoms with Crippen molar-refractivity contribution in [1.82, 2.24) is 9.80 Å². The number of fused-ring (bicyclic) bond motifs is 3. The highest BCUT2D eigenvalue weighted by molar-refractivity contribution is 6.16. The van der Waals surface area contributed by atoms with E-state index in [4.69, 9.17) is 0 Å². The average Bonchev–Trinajstić information content (AvgIpc) is 2.87. The van der Waals surface area contributed by atoms with Gasteiger partial charge in [0.05, 0.1) is 11.5 Å². The SMILES string of the molecule is CC[C@H]1c2ccccc2C=CN1C(=O)[C@@]12CC[C@@](C)(C(=O)N(C)C1=O)C2(C)C. The summed E-state index contributed by atoms with van der Waals surface area (Å²) in [5.41, 5.74) is -0.475. The molecule has 3 atom stereocenters. The molecule has 28 heavy (non-hydrogen) atoms. The number of carbonyl (C=O) groups is 3. The predicted molar refractivity (Wildman–Crippen MR) is 107 cm³/mol. The second-order valence-electron chi connectivity index (χ2n) is 9.11. The minimum atomic E-state index is -1.21. The Bertz CT molecular complexity index is 918. The summed E-state index contributed by atoms with van der Waals surface area (Å²) in [4.78, 5) is 43.3. The van der Waals surface area contributed by atoms with Gasteiger partial charge in [-0.25, -0.2) is 0 Å². The molecule has 4 rings (SSSR count). The summed E-state index contributed by atoms with van der Waals surface area (Å²) < 4.78 is 0. The summed E-state index contributed by atoms with van der Waals surface area (Å²) >= 11 is 0. The van der Waals surface area contributed by atoms with E-state index >= 15 is 0 Å². The fraction of sp³-hybridized carbons (Fsp3) is 0.522. The normalized spacial score (nSPS) is 33.2. The van der Waals surface area contributed by atoms with Gasteiger partial charge in [0.25, 0.3) is 0 Å². The lowest BCUT2D eigenvalue weighted by atomic mass is 9.55. The molecule has 0 radical (unpaired) electrons. The van der Waals surface area contributed by atoms with Gasteiger partial charge in [-0.05, 0) is 36.5 Å². The molecule has 3 amide bonds. The number of imide groups is 1. The maximum Gasteiger partial charge on any atom is 0.245 e. The standard InChI is InChI=1S/C23H28N2O3/c1-6-17-16-10-8-7-9-15(16)11-14-25(17)20(28)23-13-12-22(4,21(23,2)3)18(26)24(5)19(23)27/h7-11,14,17H,6,12-13H2,1-5H3/t17-,22-,23+/m0/s1. The summed E-state index contributed by atoms with van der Waals surface area (Å²) in [6.45, 7) is 7.80. The van der Waals surface area contributed by atoms with Crippen LogP contribution in [0.15, 0.2) is 30.5 Å². The lowest BCUT2D eigenvalue weighted by molar-refractivity contribution is -0.182. The van der Waals surface area contributed by atoms with E-state index in [0.717, 1.165) is 17.5 Å². The zero-order valence-corrected chi connectivity index (χ0v) is 17.3. The van der Waals surface area contributed by atoms with E-state index in [2.05, 4.69) is 6.92 Å². The van der Waals surface area contributed by atoms with Gasteiger partial charge >= 0.3 is 0 Å². The van der Waals surface area contributed by atoms with Crippen molar-refractivity contribution < 1.29 is 14.4 Å². The van der Waals surface area contributed by atoms with E-state index in [1.54, 1.807) is 4.90 Å². The lowest BCUT2D eigenvalue weighted by Crippen LogP contribution is -2.67. The zero-order valence-electron chi connectivity index (χ0n) is 17.3. The van der Waals surface area contributed by atoms with Crippen LogP contribution in [0.1, 0.15) is 64.1 Å². The fourth-order valence-corrected chi connectivity index (χ4v) is 5.72. The van der Waals surface area contributed by atoms with Crippen molar-refractivity contribution >= 4 is 23.8 Å². The molecule has 5 nitrogen and oxygen atoms in total. The third-order valence-corrected chi connectivity index (χ3v) is 7.98. The first-order chi connectivity index (χ1) is 13.1. The van der Waals surface area contributed by atoms with Crippen molar-refractivity contribution in [2.24, 2.45) is 16.2 Å². The maximum atomic E-state index is 14.0. The van der Waals surface area contributed by atoms with Gasteiger partial charge in [-0.1, -0.05) is 52.0 Å². The maximum absolute atomic E-state index is 14.0. The second-order valence-corrected chi connectivity index (χ2v) is 9.11. The van der Waals surface area contributed by atoms with Crippen LogP contribution in [0.3, 0.4) is 0 Å². The number of rotatable bonds is 2. The molecule has 0 N–H and O–H groups in total. The van der Waals surface area contributed by atoms with Crippen LogP contribution in [-0.2, 0) is 14.4 Å². The van der Waals surface area contributed by atoms with E-state index in [1.165, 1.54) is 11.9 Å². The quantitative estimate of drug-likeness (QED) is 0.580. The van der Waals surface area contributed by atoms with Gasteiger partial charge < -0.3 is 4.90 Å². The van der Waals surface area contributed by atoms with Gasteiger partial charge in [-0.3, -0.25) is 19.3 Å². The number of likely N-dealkylation sites (tertiary alicyclic amines) is 1. The van der Waals surface area contributed by atoms with Crippen molar-refractivity contribution in [2.45, 2.75) is 53.0 Å². The molecule has 2 bridgehead atoms. The molecule has 2 aliphatic heterocycles. The molecule has 148 valence electrons. The van der Waals surface area contributed by atoms with Crippen molar-refractivity contribution in [3.05, 3.63) is 41.6 Å². The van der Waals surface area contributed by atoms with Crippen LogP contribution >= 0.6 is 0 Å². The summed E-state index contributed by atoms with van der Waals surface area (Å²) in [7, 11) is 1.52. The smallest absolute Gasteiger partial charge is 0.245 e. The Morgan fingerprint density at radius 1 is 1.11 bits per heavy atom. The molecule has 2 heterocycles. The summed E-state index contributed by atoms with van der Waals surface area (Å²) in [5.74, 6) is -0.706. The fourth-order valence-electron chi connectivity index (χ4n) is 5.72. The Balaban J connectivity index is 1.84. The first-order valence-corrected chi connectivity index (χ1v) is 10.1. The second kappa shape index (κ2) is 5.79. The van der Waals surface area contributed by atoms with Crippen molar-refractivity contribution in [2.75, 3.05) is 7.05 Å². The van der Waals surface area contributed by atoms with Crippen LogP contribution in [0.5, 0.6) is 0 Å². The van der Waals surface area contributed by atoms with Gasteiger partial charge in [-0.15, -0.1) is 0 Å². The van der Waals surface area contributed by atoms with Crippen LogP contribution in [0.2, 0.25) is 0 Å². The molecule has 5 heteroatoms. The molecule has 1 saturated carbocycles. The Hall–Kier alpha value is -2.43. The molecule has 1 aromatic rings. The van der Waals surface area contributed by atoms with Crippen LogP contribution in [0.25, 0.3) is 6.08 Å². The van der Waals surface area contributed by atoms with Gasteiger partial charge in [0.15, 0.2) is 0 Å². The molecule has 1 aliphatic carbocycles. The minimum absolute atomic E-state index is 0.110. The van der Waals surface area contributed by atoms with Gasteiger partial charge in [-0.2, -0.15) is 0 Å². The van der Waals surface area contributed by atoms with E-state index in [-0.39, 0.29) is 23.8 Å². The van der Waals surface area contributed by atoms with Crippen LogP contribution in [0, 0.1) is 16.2 Å². The Kier molecular flexibility index (Phi) is 3.91. The molecule has 0 aromatic heterocycles. The van der Waals surface area contributed by atoms with Crippen LogP contribution < -0.4 is 0 Å². The first-order valence-electron chi connectivity index (χ1n) is 10.1. The topological polar surface area (TPSA) is 57.7 Å². The number of benzene rings is 1.